The van der Waals surface area contributed by atoms with E-state index in [9.17, 15) is 9.90 Å². The first-order valence-corrected chi connectivity index (χ1v) is 8.32. The van der Waals surface area contributed by atoms with E-state index in [0.29, 0.717) is 23.6 Å². The second-order valence-corrected chi connectivity index (χ2v) is 6.78. The van der Waals surface area contributed by atoms with E-state index in [2.05, 4.69) is 4.98 Å². The Balaban J connectivity index is 2.12. The maximum absolute atomic E-state index is 12.6. The van der Waals surface area contributed by atoms with Crippen molar-refractivity contribution in [2.45, 2.75) is 38.2 Å². The molecule has 1 aromatic heterocycles. The number of carbonyl (C=O) groups is 1. The Kier molecular flexibility index (Phi) is 3.32. The standard InChI is InChI=1S/C19H21NO4/c1-10-8-12-9-11-4-5-13-6-7-14(21)19(13,22)16(11)17(23-2)15(12)18(20-10)24-3/h8-9,13,22H,4-7H2,1-3H3. The Bertz CT molecular complexity index is 860. The number of aromatic nitrogens is 1. The molecule has 0 bridgehead atoms. The number of carbonyl (C=O) groups excluding carboxylic acids is 1. The van der Waals surface area contributed by atoms with Gasteiger partial charge < -0.3 is 14.6 Å². The highest BCUT2D eigenvalue weighted by molar-refractivity contribution is 5.99. The van der Waals surface area contributed by atoms with Crippen molar-refractivity contribution in [3.63, 3.8) is 0 Å². The van der Waals surface area contributed by atoms with Gasteiger partial charge in [-0.05, 0) is 49.1 Å². The third-order valence-electron chi connectivity index (χ3n) is 5.53. The van der Waals surface area contributed by atoms with Crippen molar-refractivity contribution in [2.24, 2.45) is 5.92 Å². The zero-order valence-electron chi connectivity index (χ0n) is 14.2. The van der Waals surface area contributed by atoms with Gasteiger partial charge in [-0.2, -0.15) is 0 Å². The number of nitrogens with zero attached hydrogens (tertiary/aromatic N) is 1. The van der Waals surface area contributed by atoms with Gasteiger partial charge in [-0.15, -0.1) is 0 Å². The summed E-state index contributed by atoms with van der Waals surface area (Å²) in [5.74, 6) is 0.841. The molecule has 2 unspecified atom stereocenters. The number of benzene rings is 1. The molecule has 1 fully saturated rings. The highest BCUT2D eigenvalue weighted by Crippen LogP contribution is 2.53. The molecule has 1 aromatic carbocycles. The first kappa shape index (κ1) is 15.4. The molecule has 0 spiro atoms. The van der Waals surface area contributed by atoms with Crippen LogP contribution >= 0.6 is 0 Å². The first-order valence-electron chi connectivity index (χ1n) is 8.32. The minimum absolute atomic E-state index is 0.0340. The van der Waals surface area contributed by atoms with Crippen LogP contribution in [-0.4, -0.2) is 30.1 Å². The Labute approximate surface area is 140 Å². The van der Waals surface area contributed by atoms with Gasteiger partial charge in [0.2, 0.25) is 5.88 Å². The van der Waals surface area contributed by atoms with Crippen LogP contribution in [-0.2, 0) is 16.8 Å². The molecule has 0 aliphatic heterocycles. The van der Waals surface area contributed by atoms with Gasteiger partial charge in [0.15, 0.2) is 11.4 Å². The minimum Gasteiger partial charge on any atom is -0.495 e. The lowest BCUT2D eigenvalue weighted by Gasteiger charge is -2.37. The van der Waals surface area contributed by atoms with Crippen LogP contribution < -0.4 is 9.47 Å². The van der Waals surface area contributed by atoms with E-state index in [1.54, 1.807) is 14.2 Å². The summed E-state index contributed by atoms with van der Waals surface area (Å²) in [5.41, 5.74) is 1.02. The molecule has 1 saturated carbocycles. The van der Waals surface area contributed by atoms with Crippen molar-refractivity contribution < 1.29 is 19.4 Å². The lowest BCUT2D eigenvalue weighted by Crippen LogP contribution is -2.41. The molecular formula is C19H21NO4. The minimum atomic E-state index is -1.44. The quantitative estimate of drug-likeness (QED) is 0.918. The summed E-state index contributed by atoms with van der Waals surface area (Å²) in [4.78, 5) is 17.0. The molecule has 0 radical (unpaired) electrons. The van der Waals surface area contributed by atoms with Crippen LogP contribution in [0.2, 0.25) is 0 Å². The molecule has 2 atom stereocenters. The number of hydrogen-bond donors (Lipinski definition) is 1. The Hall–Kier alpha value is -2.14. The first-order chi connectivity index (χ1) is 11.5. The highest BCUT2D eigenvalue weighted by atomic mass is 16.5. The van der Waals surface area contributed by atoms with Gasteiger partial charge in [0.25, 0.3) is 0 Å². The molecule has 2 aliphatic rings. The number of Topliss-reactive ketones (excluding diaryl/α,β-unsaturated/α-hetero) is 1. The molecule has 2 aliphatic carbocycles. The predicted octanol–water partition coefficient (Wildman–Crippen LogP) is 2.67. The van der Waals surface area contributed by atoms with Gasteiger partial charge in [-0.3, -0.25) is 4.79 Å². The van der Waals surface area contributed by atoms with Gasteiger partial charge >= 0.3 is 0 Å². The third kappa shape index (κ3) is 1.85. The number of methoxy groups -OCH3 is 2. The Morgan fingerprint density at radius 2 is 1.96 bits per heavy atom. The molecule has 2 aromatic rings. The van der Waals surface area contributed by atoms with Crippen LogP contribution in [0.4, 0.5) is 0 Å². The van der Waals surface area contributed by atoms with Crippen LogP contribution in [0.1, 0.15) is 36.1 Å². The molecule has 0 amide bonds. The van der Waals surface area contributed by atoms with Gasteiger partial charge in [-0.1, -0.05) is 6.07 Å². The van der Waals surface area contributed by atoms with Crippen molar-refractivity contribution in [1.29, 1.82) is 0 Å². The van der Waals surface area contributed by atoms with E-state index < -0.39 is 5.60 Å². The van der Waals surface area contributed by atoms with Crippen molar-refractivity contribution in [3.05, 3.63) is 29.0 Å². The molecule has 5 nitrogen and oxygen atoms in total. The summed E-state index contributed by atoms with van der Waals surface area (Å²) >= 11 is 0. The zero-order chi connectivity index (χ0) is 17.1. The fraction of sp³-hybridized carbons (Fsp3) is 0.474. The maximum Gasteiger partial charge on any atom is 0.225 e. The molecule has 24 heavy (non-hydrogen) atoms. The van der Waals surface area contributed by atoms with Gasteiger partial charge in [-0.25, -0.2) is 4.98 Å². The summed E-state index contributed by atoms with van der Waals surface area (Å²) in [5, 5.41) is 13.0. The van der Waals surface area contributed by atoms with E-state index in [1.807, 2.05) is 19.1 Å². The molecule has 1 heterocycles. The third-order valence-corrected chi connectivity index (χ3v) is 5.53. The fourth-order valence-electron chi connectivity index (χ4n) is 4.47. The van der Waals surface area contributed by atoms with Crippen LogP contribution in [0.5, 0.6) is 11.6 Å². The number of ether oxygens (including phenoxy) is 2. The van der Waals surface area contributed by atoms with Gasteiger partial charge in [0.05, 0.1) is 19.6 Å². The monoisotopic (exact) mass is 327 g/mol. The summed E-state index contributed by atoms with van der Waals surface area (Å²) < 4.78 is 11.2. The summed E-state index contributed by atoms with van der Waals surface area (Å²) in [6.07, 6.45) is 2.82. The lowest BCUT2D eigenvalue weighted by atomic mass is 9.72. The zero-order valence-corrected chi connectivity index (χ0v) is 14.2. The number of aryl methyl sites for hydroxylation is 2. The van der Waals surface area contributed by atoms with Crippen molar-refractivity contribution in [3.8, 4) is 11.6 Å². The van der Waals surface area contributed by atoms with E-state index >= 15 is 0 Å². The molecule has 5 heteroatoms. The van der Waals surface area contributed by atoms with E-state index in [-0.39, 0.29) is 11.7 Å². The van der Waals surface area contributed by atoms with E-state index in [1.165, 1.54) is 0 Å². The van der Waals surface area contributed by atoms with Crippen molar-refractivity contribution in [1.82, 2.24) is 4.98 Å². The molecule has 4 rings (SSSR count). The normalized spacial score (nSPS) is 25.5. The molecule has 126 valence electrons. The molecule has 1 N–H and O–H groups in total. The maximum atomic E-state index is 12.6. The van der Waals surface area contributed by atoms with Crippen molar-refractivity contribution in [2.75, 3.05) is 14.2 Å². The summed E-state index contributed by atoms with van der Waals surface area (Å²) in [7, 11) is 3.14. The van der Waals surface area contributed by atoms with E-state index in [4.69, 9.17) is 9.47 Å². The highest BCUT2D eigenvalue weighted by Gasteiger charge is 2.54. The van der Waals surface area contributed by atoms with Crippen LogP contribution in [0.25, 0.3) is 10.8 Å². The SMILES string of the molecule is COc1nc(C)cc2cc3c(c(OC)c12)C1(O)C(=O)CCC1CC3. The number of aliphatic hydroxyl groups is 1. The molecule has 0 saturated heterocycles. The second-order valence-electron chi connectivity index (χ2n) is 6.78. The number of fused-ring (bicyclic) bond motifs is 4. The topological polar surface area (TPSA) is 68.7 Å². The number of pyridine rings is 1. The van der Waals surface area contributed by atoms with E-state index in [0.717, 1.165) is 41.3 Å². The summed E-state index contributed by atoms with van der Waals surface area (Å²) in [6, 6.07) is 4.03. The predicted molar refractivity (Wildman–Crippen MR) is 89.5 cm³/mol. The van der Waals surface area contributed by atoms with Crippen molar-refractivity contribution >= 4 is 16.6 Å². The average Bonchev–Trinajstić information content (AvgIpc) is 2.87. The smallest absolute Gasteiger partial charge is 0.225 e. The van der Waals surface area contributed by atoms with Gasteiger partial charge in [0, 0.05) is 17.7 Å². The van der Waals surface area contributed by atoms with Gasteiger partial charge in [0.1, 0.15) is 5.75 Å². The second kappa shape index (κ2) is 5.18. The number of rotatable bonds is 2. The Morgan fingerprint density at radius 1 is 1.21 bits per heavy atom. The van der Waals surface area contributed by atoms with Crippen LogP contribution in [0.3, 0.4) is 0 Å². The Morgan fingerprint density at radius 3 is 2.67 bits per heavy atom. The van der Waals surface area contributed by atoms with Crippen LogP contribution in [0.15, 0.2) is 12.1 Å². The summed E-state index contributed by atoms with van der Waals surface area (Å²) in [6.45, 7) is 1.91. The number of ketones is 1. The average molecular weight is 327 g/mol. The fourth-order valence-corrected chi connectivity index (χ4v) is 4.47. The molecular weight excluding hydrogens is 306 g/mol. The van der Waals surface area contributed by atoms with Crippen LogP contribution in [0, 0.1) is 12.8 Å². The lowest BCUT2D eigenvalue weighted by molar-refractivity contribution is -0.139. The largest absolute Gasteiger partial charge is 0.495 e. The number of hydrogen-bond acceptors (Lipinski definition) is 5.